The van der Waals surface area contributed by atoms with Gasteiger partial charge in [-0.2, -0.15) is 0 Å². The molecule has 134 valence electrons. The Balaban J connectivity index is 1.72. The number of amides is 1. The summed E-state index contributed by atoms with van der Waals surface area (Å²) < 4.78 is 1.07. The van der Waals surface area contributed by atoms with E-state index in [0.717, 1.165) is 49.8 Å². The van der Waals surface area contributed by atoms with E-state index in [1.807, 2.05) is 0 Å². The summed E-state index contributed by atoms with van der Waals surface area (Å²) in [5, 5.41) is 22.5. The summed E-state index contributed by atoms with van der Waals surface area (Å²) >= 11 is 5.24. The van der Waals surface area contributed by atoms with Crippen LogP contribution in [0.1, 0.15) is 42.9 Å². The summed E-state index contributed by atoms with van der Waals surface area (Å²) in [4.78, 5) is 16.1. The first kappa shape index (κ1) is 18.2. The van der Waals surface area contributed by atoms with Gasteiger partial charge in [0, 0.05) is 53.4 Å². The lowest BCUT2D eigenvalue weighted by Gasteiger charge is -2.42. The molecule has 1 aliphatic carbocycles. The molecule has 1 aliphatic heterocycles. The van der Waals surface area contributed by atoms with Crippen LogP contribution in [0.5, 0.6) is 0 Å². The number of nitrogens with zero attached hydrogens (tertiary/aromatic N) is 2. The number of thiophene rings is 1. The topological polar surface area (TPSA) is 64.0 Å². The van der Waals surface area contributed by atoms with Gasteiger partial charge < -0.3 is 15.1 Å². The number of rotatable bonds is 4. The lowest BCUT2D eigenvalue weighted by Crippen LogP contribution is -2.51. The Morgan fingerprint density at radius 2 is 1.92 bits per heavy atom. The third kappa shape index (κ3) is 4.12. The van der Waals surface area contributed by atoms with Crippen molar-refractivity contribution in [1.29, 1.82) is 0 Å². The van der Waals surface area contributed by atoms with E-state index in [-0.39, 0.29) is 5.92 Å². The van der Waals surface area contributed by atoms with E-state index in [9.17, 15) is 9.90 Å². The van der Waals surface area contributed by atoms with Crippen LogP contribution < -0.4 is 0 Å². The fourth-order valence-electron chi connectivity index (χ4n) is 3.93. The maximum Gasteiger partial charge on any atom is 0.407 e. The zero-order valence-electron chi connectivity index (χ0n) is 13.8. The predicted molar refractivity (Wildman–Crippen MR) is 98.8 cm³/mol. The molecule has 1 saturated carbocycles. The van der Waals surface area contributed by atoms with Crippen molar-refractivity contribution in [3.63, 3.8) is 0 Å². The van der Waals surface area contributed by atoms with Crippen LogP contribution in [0.4, 0.5) is 4.79 Å². The van der Waals surface area contributed by atoms with Crippen LogP contribution in [0.15, 0.2) is 15.9 Å². The van der Waals surface area contributed by atoms with Crippen LogP contribution >= 0.6 is 27.3 Å². The number of hydrogen-bond donors (Lipinski definition) is 2. The smallest absolute Gasteiger partial charge is 0.407 e. The highest BCUT2D eigenvalue weighted by Crippen LogP contribution is 2.43. The van der Waals surface area contributed by atoms with Crippen LogP contribution in [0.2, 0.25) is 0 Å². The second-order valence-electron chi connectivity index (χ2n) is 6.95. The molecule has 0 spiro atoms. The Hall–Kier alpha value is -0.630. The molecule has 1 saturated heterocycles. The minimum absolute atomic E-state index is 0.102. The minimum atomic E-state index is -0.834. The molecule has 5 nitrogen and oxygen atoms in total. The fourth-order valence-corrected chi connectivity index (χ4v) is 5.58. The standard InChI is InChI=1S/C17H25BrN2O3S/c18-13-10-15(24-12-13)14(17(23)4-2-1-3-5-17)11-19-6-8-20(9-7-19)16(21)22/h10,12,14,23H,1-9,11H2,(H,21,22). The maximum atomic E-state index is 11.3. The Labute approximate surface area is 155 Å². The summed E-state index contributed by atoms with van der Waals surface area (Å²) in [6, 6.07) is 2.13. The Morgan fingerprint density at radius 1 is 1.25 bits per heavy atom. The summed E-state index contributed by atoms with van der Waals surface area (Å²) in [5.41, 5.74) is -0.632. The molecule has 2 heterocycles. The second kappa shape index (κ2) is 7.72. The molecule has 1 aromatic rings. The first-order chi connectivity index (χ1) is 11.5. The van der Waals surface area contributed by atoms with Crippen molar-refractivity contribution in [2.24, 2.45) is 0 Å². The van der Waals surface area contributed by atoms with Crippen molar-refractivity contribution in [2.45, 2.75) is 43.6 Å². The van der Waals surface area contributed by atoms with Crippen LogP contribution in [0, 0.1) is 0 Å². The average Bonchev–Trinajstić information content (AvgIpc) is 2.99. The van der Waals surface area contributed by atoms with E-state index in [1.165, 1.54) is 16.2 Å². The Bertz CT molecular complexity index is 566. The lowest BCUT2D eigenvalue weighted by atomic mass is 9.74. The molecule has 2 fully saturated rings. The van der Waals surface area contributed by atoms with Crippen molar-refractivity contribution >= 4 is 33.4 Å². The van der Waals surface area contributed by atoms with Crippen LogP contribution in [0.25, 0.3) is 0 Å². The molecule has 1 atom stereocenters. The third-order valence-corrected chi connectivity index (χ3v) is 7.19. The molecule has 1 aromatic heterocycles. The van der Waals surface area contributed by atoms with E-state index < -0.39 is 11.7 Å². The van der Waals surface area contributed by atoms with Gasteiger partial charge in [-0.1, -0.05) is 19.3 Å². The highest BCUT2D eigenvalue weighted by Gasteiger charge is 2.40. The van der Waals surface area contributed by atoms with Gasteiger partial charge in [-0.3, -0.25) is 4.90 Å². The van der Waals surface area contributed by atoms with Gasteiger partial charge in [-0.05, 0) is 34.8 Å². The molecule has 1 amide bonds. The van der Waals surface area contributed by atoms with Gasteiger partial charge in [-0.25, -0.2) is 4.79 Å². The molecule has 24 heavy (non-hydrogen) atoms. The van der Waals surface area contributed by atoms with Crippen molar-refractivity contribution in [3.05, 3.63) is 20.8 Å². The highest BCUT2D eigenvalue weighted by molar-refractivity contribution is 9.10. The van der Waals surface area contributed by atoms with Crippen molar-refractivity contribution in [2.75, 3.05) is 32.7 Å². The van der Waals surface area contributed by atoms with Gasteiger partial charge in [0.05, 0.1) is 5.60 Å². The quantitative estimate of drug-likeness (QED) is 0.786. The van der Waals surface area contributed by atoms with Crippen molar-refractivity contribution < 1.29 is 15.0 Å². The molecule has 2 aliphatic rings. The summed E-state index contributed by atoms with van der Waals surface area (Å²) in [5.74, 6) is 0.102. The van der Waals surface area contributed by atoms with Crippen LogP contribution in [-0.4, -0.2) is 64.4 Å². The summed E-state index contributed by atoms with van der Waals surface area (Å²) in [7, 11) is 0. The highest BCUT2D eigenvalue weighted by atomic mass is 79.9. The van der Waals surface area contributed by atoms with Crippen molar-refractivity contribution in [1.82, 2.24) is 9.80 Å². The van der Waals surface area contributed by atoms with E-state index in [4.69, 9.17) is 5.11 Å². The SMILES string of the molecule is O=C(O)N1CCN(CC(c2cc(Br)cs2)C2(O)CCCCC2)CC1. The maximum absolute atomic E-state index is 11.3. The van der Waals surface area contributed by atoms with Gasteiger partial charge in [0.2, 0.25) is 0 Å². The molecular formula is C17H25BrN2O3S. The Kier molecular flexibility index (Phi) is 5.85. The van der Waals surface area contributed by atoms with E-state index in [1.54, 1.807) is 11.3 Å². The van der Waals surface area contributed by atoms with Gasteiger partial charge in [-0.15, -0.1) is 11.3 Å². The van der Waals surface area contributed by atoms with Gasteiger partial charge >= 0.3 is 6.09 Å². The monoisotopic (exact) mass is 416 g/mol. The number of carboxylic acid groups (broad SMARTS) is 1. The zero-order valence-corrected chi connectivity index (χ0v) is 16.2. The molecule has 2 N–H and O–H groups in total. The largest absolute Gasteiger partial charge is 0.465 e. The lowest BCUT2D eigenvalue weighted by molar-refractivity contribution is -0.0329. The summed E-state index contributed by atoms with van der Waals surface area (Å²) in [6.45, 7) is 3.39. The van der Waals surface area contributed by atoms with Gasteiger partial charge in [0.1, 0.15) is 0 Å². The number of hydrogen-bond acceptors (Lipinski definition) is 4. The third-order valence-electron chi connectivity index (χ3n) is 5.38. The molecule has 0 radical (unpaired) electrons. The molecule has 7 heteroatoms. The normalized spacial score (nSPS) is 23.2. The van der Waals surface area contributed by atoms with Crippen LogP contribution in [-0.2, 0) is 0 Å². The molecule has 0 bridgehead atoms. The van der Waals surface area contributed by atoms with Crippen molar-refractivity contribution in [3.8, 4) is 0 Å². The summed E-state index contributed by atoms with van der Waals surface area (Å²) in [6.07, 6.45) is 4.28. The van der Waals surface area contributed by atoms with E-state index >= 15 is 0 Å². The first-order valence-electron chi connectivity index (χ1n) is 8.64. The number of aliphatic hydroxyl groups is 1. The van der Waals surface area contributed by atoms with Gasteiger partial charge in [0.15, 0.2) is 0 Å². The Morgan fingerprint density at radius 3 is 2.46 bits per heavy atom. The number of halogens is 1. The van der Waals surface area contributed by atoms with E-state index in [0.29, 0.717) is 13.1 Å². The van der Waals surface area contributed by atoms with Gasteiger partial charge in [0.25, 0.3) is 0 Å². The van der Waals surface area contributed by atoms with E-state index in [2.05, 4.69) is 32.3 Å². The van der Waals surface area contributed by atoms with Crippen LogP contribution in [0.3, 0.4) is 0 Å². The molecule has 1 unspecified atom stereocenters. The molecular weight excluding hydrogens is 392 g/mol. The first-order valence-corrected chi connectivity index (χ1v) is 10.3. The second-order valence-corrected chi connectivity index (χ2v) is 8.81. The fraction of sp³-hybridized carbons (Fsp3) is 0.706. The number of piperazine rings is 1. The molecule has 0 aromatic carbocycles. The number of carbonyl (C=O) groups is 1. The predicted octanol–water partition coefficient (Wildman–Crippen LogP) is 3.59. The molecule has 3 rings (SSSR count). The zero-order chi connectivity index (χ0) is 17.2. The average molecular weight is 417 g/mol. The minimum Gasteiger partial charge on any atom is -0.465 e.